The van der Waals surface area contributed by atoms with Crippen LogP contribution in [-0.2, 0) is 14.3 Å². The van der Waals surface area contributed by atoms with Crippen molar-refractivity contribution >= 4 is 12.1 Å². The van der Waals surface area contributed by atoms with Crippen LogP contribution >= 0.6 is 0 Å². The highest BCUT2D eigenvalue weighted by atomic mass is 16.6. The summed E-state index contributed by atoms with van der Waals surface area (Å²) in [6.45, 7) is 7.87. The number of methoxy groups -OCH3 is 1. The number of ether oxygens (including phenoxy) is 2. The Labute approximate surface area is 103 Å². The maximum Gasteiger partial charge on any atom is 0.407 e. The van der Waals surface area contributed by atoms with Gasteiger partial charge >= 0.3 is 12.1 Å². The van der Waals surface area contributed by atoms with Crippen LogP contribution in [0.5, 0.6) is 0 Å². The highest BCUT2D eigenvalue weighted by Gasteiger charge is 2.16. The Bertz CT molecular complexity index is 258. The normalized spacial score (nSPS) is 12.8. The van der Waals surface area contributed by atoms with Crippen molar-refractivity contribution in [1.29, 1.82) is 0 Å². The second-order valence-corrected chi connectivity index (χ2v) is 5.10. The van der Waals surface area contributed by atoms with Crippen molar-refractivity contribution in [3.05, 3.63) is 0 Å². The van der Waals surface area contributed by atoms with E-state index in [4.69, 9.17) is 4.74 Å². The molecule has 0 aliphatic rings. The van der Waals surface area contributed by atoms with Crippen LogP contribution in [-0.4, -0.2) is 31.3 Å². The van der Waals surface area contributed by atoms with E-state index >= 15 is 0 Å². The van der Waals surface area contributed by atoms with Crippen LogP contribution in [0.15, 0.2) is 0 Å². The minimum absolute atomic E-state index is 0.178. The molecule has 0 aliphatic heterocycles. The van der Waals surface area contributed by atoms with Gasteiger partial charge in [-0.15, -0.1) is 0 Å². The zero-order valence-electron chi connectivity index (χ0n) is 11.3. The molecule has 0 heterocycles. The van der Waals surface area contributed by atoms with Gasteiger partial charge in [0, 0.05) is 13.0 Å². The van der Waals surface area contributed by atoms with E-state index in [9.17, 15) is 9.59 Å². The summed E-state index contributed by atoms with van der Waals surface area (Å²) in [5.41, 5.74) is -0.484. The molecule has 1 N–H and O–H groups in total. The first-order valence-electron chi connectivity index (χ1n) is 5.78. The Morgan fingerprint density at radius 3 is 2.35 bits per heavy atom. The number of hydrogen-bond donors (Lipinski definition) is 1. The Hall–Kier alpha value is -1.26. The smallest absolute Gasteiger partial charge is 0.407 e. The van der Waals surface area contributed by atoms with Crippen molar-refractivity contribution in [3.8, 4) is 0 Å². The van der Waals surface area contributed by atoms with Gasteiger partial charge in [-0.25, -0.2) is 4.79 Å². The fourth-order valence-corrected chi connectivity index (χ4v) is 1.20. The molecule has 5 heteroatoms. The molecule has 1 atom stereocenters. The zero-order valence-corrected chi connectivity index (χ0v) is 11.3. The van der Waals surface area contributed by atoms with E-state index < -0.39 is 11.7 Å². The number of esters is 1. The van der Waals surface area contributed by atoms with Gasteiger partial charge in [0.05, 0.1) is 7.11 Å². The van der Waals surface area contributed by atoms with E-state index in [0.29, 0.717) is 19.4 Å². The van der Waals surface area contributed by atoms with Crippen molar-refractivity contribution in [2.24, 2.45) is 5.92 Å². The summed E-state index contributed by atoms with van der Waals surface area (Å²) in [7, 11) is 1.37. The summed E-state index contributed by atoms with van der Waals surface area (Å²) in [5.74, 6) is -0.0489. The summed E-state index contributed by atoms with van der Waals surface area (Å²) < 4.78 is 9.64. The fraction of sp³-hybridized carbons (Fsp3) is 0.833. The van der Waals surface area contributed by atoms with Crippen LogP contribution < -0.4 is 5.32 Å². The third kappa shape index (κ3) is 9.66. The maximum absolute atomic E-state index is 11.3. The first-order chi connectivity index (χ1) is 7.74. The highest BCUT2D eigenvalue weighted by molar-refractivity contribution is 5.69. The molecular formula is C12H23NO4. The molecule has 0 aromatic heterocycles. The van der Waals surface area contributed by atoms with Gasteiger partial charge in [-0.1, -0.05) is 6.92 Å². The Balaban J connectivity index is 3.70. The number of carbonyl (C=O) groups excluding carboxylic acids is 2. The molecular weight excluding hydrogens is 222 g/mol. The van der Waals surface area contributed by atoms with Crippen molar-refractivity contribution in [1.82, 2.24) is 5.32 Å². The monoisotopic (exact) mass is 245 g/mol. The maximum atomic E-state index is 11.3. The quantitative estimate of drug-likeness (QED) is 0.753. The van der Waals surface area contributed by atoms with Gasteiger partial charge in [-0.3, -0.25) is 4.79 Å². The molecule has 0 radical (unpaired) electrons. The van der Waals surface area contributed by atoms with Crippen molar-refractivity contribution in [2.45, 2.75) is 46.1 Å². The van der Waals surface area contributed by atoms with Gasteiger partial charge in [0.15, 0.2) is 0 Å². The Morgan fingerprint density at radius 1 is 1.29 bits per heavy atom. The minimum Gasteiger partial charge on any atom is -0.469 e. The summed E-state index contributed by atoms with van der Waals surface area (Å²) >= 11 is 0. The average Bonchev–Trinajstić information content (AvgIpc) is 2.14. The van der Waals surface area contributed by atoms with E-state index in [1.54, 1.807) is 0 Å². The van der Waals surface area contributed by atoms with Crippen molar-refractivity contribution in [2.75, 3.05) is 13.7 Å². The molecule has 0 aliphatic carbocycles. The van der Waals surface area contributed by atoms with Crippen LogP contribution in [0.1, 0.15) is 40.5 Å². The van der Waals surface area contributed by atoms with Gasteiger partial charge in [0.2, 0.25) is 0 Å². The van der Waals surface area contributed by atoms with Crippen molar-refractivity contribution < 1.29 is 19.1 Å². The highest BCUT2D eigenvalue weighted by Crippen LogP contribution is 2.08. The van der Waals surface area contributed by atoms with Crippen LogP contribution in [0.2, 0.25) is 0 Å². The lowest BCUT2D eigenvalue weighted by Crippen LogP contribution is -2.33. The average molecular weight is 245 g/mol. The molecule has 0 fully saturated rings. The van der Waals surface area contributed by atoms with Gasteiger partial charge in [0.25, 0.3) is 0 Å². The molecule has 0 spiro atoms. The molecule has 1 unspecified atom stereocenters. The first-order valence-corrected chi connectivity index (χ1v) is 5.78. The van der Waals surface area contributed by atoms with Crippen LogP contribution in [0.25, 0.3) is 0 Å². The molecule has 5 nitrogen and oxygen atoms in total. The SMILES string of the molecule is COC(=O)CC(C)CCNC(=O)OC(C)(C)C. The molecule has 17 heavy (non-hydrogen) atoms. The second kappa shape index (κ2) is 7.14. The molecule has 0 aromatic rings. The predicted octanol–water partition coefficient (Wildman–Crippen LogP) is 2.10. The van der Waals surface area contributed by atoms with E-state index in [1.165, 1.54) is 7.11 Å². The standard InChI is InChI=1S/C12H23NO4/c1-9(8-10(14)16-5)6-7-13-11(15)17-12(2,3)4/h9H,6-8H2,1-5H3,(H,13,15). The third-order valence-electron chi connectivity index (χ3n) is 2.05. The summed E-state index contributed by atoms with van der Waals surface area (Å²) in [6.07, 6.45) is 0.656. The van der Waals surface area contributed by atoms with E-state index in [0.717, 1.165) is 0 Å². The second-order valence-electron chi connectivity index (χ2n) is 5.10. The Kier molecular flexibility index (Phi) is 6.61. The lowest BCUT2D eigenvalue weighted by atomic mass is 10.0. The predicted molar refractivity (Wildman–Crippen MR) is 64.7 cm³/mol. The van der Waals surface area contributed by atoms with Gasteiger partial charge in [0.1, 0.15) is 5.60 Å². The first kappa shape index (κ1) is 15.7. The largest absolute Gasteiger partial charge is 0.469 e. The lowest BCUT2D eigenvalue weighted by Gasteiger charge is -2.20. The van der Waals surface area contributed by atoms with Crippen LogP contribution in [0.4, 0.5) is 4.79 Å². The number of nitrogens with one attached hydrogen (secondary N) is 1. The molecule has 0 rings (SSSR count). The van der Waals surface area contributed by atoms with Gasteiger partial charge < -0.3 is 14.8 Å². The fourth-order valence-electron chi connectivity index (χ4n) is 1.20. The lowest BCUT2D eigenvalue weighted by molar-refractivity contribution is -0.141. The van der Waals surface area contributed by atoms with Crippen molar-refractivity contribution in [3.63, 3.8) is 0 Å². The number of amides is 1. The molecule has 0 aromatic carbocycles. The van der Waals surface area contributed by atoms with Gasteiger partial charge in [-0.05, 0) is 33.1 Å². The van der Waals surface area contributed by atoms with E-state index in [2.05, 4.69) is 10.1 Å². The summed E-state index contributed by atoms with van der Waals surface area (Å²) in [4.78, 5) is 22.3. The minimum atomic E-state index is -0.484. The van der Waals surface area contributed by atoms with Crippen LogP contribution in [0, 0.1) is 5.92 Å². The van der Waals surface area contributed by atoms with Gasteiger partial charge in [-0.2, -0.15) is 0 Å². The molecule has 0 bridgehead atoms. The van der Waals surface area contributed by atoms with E-state index in [-0.39, 0.29) is 11.9 Å². The number of hydrogen-bond acceptors (Lipinski definition) is 4. The third-order valence-corrected chi connectivity index (χ3v) is 2.05. The number of rotatable bonds is 5. The topological polar surface area (TPSA) is 64.6 Å². The number of alkyl carbamates (subject to hydrolysis) is 1. The zero-order chi connectivity index (χ0) is 13.5. The Morgan fingerprint density at radius 2 is 1.88 bits per heavy atom. The van der Waals surface area contributed by atoms with E-state index in [1.807, 2.05) is 27.7 Å². The van der Waals surface area contributed by atoms with Crippen LogP contribution in [0.3, 0.4) is 0 Å². The summed E-state index contributed by atoms with van der Waals surface area (Å²) in [5, 5.41) is 2.65. The molecule has 100 valence electrons. The summed E-state index contributed by atoms with van der Waals surface area (Å²) in [6, 6.07) is 0. The molecule has 0 saturated carbocycles. The molecule has 1 amide bonds. The number of carbonyl (C=O) groups is 2. The molecule has 0 saturated heterocycles.